The second kappa shape index (κ2) is 4.06. The molecular formula is C13H13ClN2. The zero-order chi connectivity index (χ0) is 11.7. The van der Waals surface area contributed by atoms with Gasteiger partial charge in [-0.1, -0.05) is 41.4 Å². The summed E-state index contributed by atoms with van der Waals surface area (Å²) >= 11 is 6.14. The maximum atomic E-state index is 6.14. The fraction of sp³-hybridized carbons (Fsp3) is 0.0769. The number of nitrogen functional groups attached to an aromatic ring is 2. The lowest BCUT2D eigenvalue weighted by atomic mass is 10.0. The molecule has 0 aliphatic heterocycles. The summed E-state index contributed by atoms with van der Waals surface area (Å²) in [4.78, 5) is 0. The van der Waals surface area contributed by atoms with Gasteiger partial charge in [0.25, 0.3) is 0 Å². The normalized spacial score (nSPS) is 10.4. The van der Waals surface area contributed by atoms with E-state index < -0.39 is 0 Å². The molecule has 3 heteroatoms. The minimum atomic E-state index is 0.515. The average Bonchev–Trinajstić information content (AvgIpc) is 2.25. The van der Waals surface area contributed by atoms with Gasteiger partial charge in [0.15, 0.2) is 0 Å². The minimum absolute atomic E-state index is 0.515. The Bertz CT molecular complexity index is 518. The standard InChI is InChI=1S/C13H13ClN2/c1-8-2-4-9(5-3-8)10-6-12(15)13(16)7-11(10)14/h2-7H,15-16H2,1H3. The molecule has 0 radical (unpaired) electrons. The summed E-state index contributed by atoms with van der Waals surface area (Å²) in [5, 5.41) is 0.621. The van der Waals surface area contributed by atoms with Crippen molar-refractivity contribution in [2.75, 3.05) is 11.5 Å². The van der Waals surface area contributed by atoms with E-state index >= 15 is 0 Å². The maximum absolute atomic E-state index is 6.14. The van der Waals surface area contributed by atoms with Gasteiger partial charge in [-0.05, 0) is 24.6 Å². The lowest BCUT2D eigenvalue weighted by Gasteiger charge is -2.08. The van der Waals surface area contributed by atoms with Crippen LogP contribution in [-0.4, -0.2) is 0 Å². The van der Waals surface area contributed by atoms with Crippen molar-refractivity contribution >= 4 is 23.0 Å². The van der Waals surface area contributed by atoms with Crippen LogP contribution in [0.2, 0.25) is 5.02 Å². The number of aryl methyl sites for hydroxylation is 1. The summed E-state index contributed by atoms with van der Waals surface area (Å²) in [6, 6.07) is 11.6. The Morgan fingerprint density at radius 1 is 0.938 bits per heavy atom. The van der Waals surface area contributed by atoms with Gasteiger partial charge < -0.3 is 11.5 Å². The van der Waals surface area contributed by atoms with Crippen molar-refractivity contribution in [3.8, 4) is 11.1 Å². The van der Waals surface area contributed by atoms with E-state index in [2.05, 4.69) is 0 Å². The lowest BCUT2D eigenvalue weighted by molar-refractivity contribution is 1.47. The molecule has 0 bridgehead atoms. The van der Waals surface area contributed by atoms with Gasteiger partial charge in [-0.25, -0.2) is 0 Å². The zero-order valence-electron chi connectivity index (χ0n) is 9.00. The van der Waals surface area contributed by atoms with Crippen molar-refractivity contribution in [3.63, 3.8) is 0 Å². The topological polar surface area (TPSA) is 52.0 Å². The van der Waals surface area contributed by atoms with Crippen molar-refractivity contribution < 1.29 is 0 Å². The number of rotatable bonds is 1. The molecule has 0 aliphatic rings. The number of hydrogen-bond acceptors (Lipinski definition) is 2. The van der Waals surface area contributed by atoms with Gasteiger partial charge in [-0.15, -0.1) is 0 Å². The van der Waals surface area contributed by atoms with Gasteiger partial charge in [0, 0.05) is 5.56 Å². The van der Waals surface area contributed by atoms with E-state index in [-0.39, 0.29) is 0 Å². The molecule has 82 valence electrons. The molecule has 0 spiro atoms. The molecule has 0 amide bonds. The molecule has 0 unspecified atom stereocenters. The first-order chi connectivity index (χ1) is 7.58. The monoisotopic (exact) mass is 232 g/mol. The van der Waals surface area contributed by atoms with Crippen LogP contribution in [0.5, 0.6) is 0 Å². The van der Waals surface area contributed by atoms with Gasteiger partial charge in [-0.3, -0.25) is 0 Å². The van der Waals surface area contributed by atoms with Crippen LogP contribution < -0.4 is 11.5 Å². The highest BCUT2D eigenvalue weighted by molar-refractivity contribution is 6.33. The minimum Gasteiger partial charge on any atom is -0.397 e. The Kier molecular flexibility index (Phi) is 2.75. The molecular weight excluding hydrogens is 220 g/mol. The summed E-state index contributed by atoms with van der Waals surface area (Å²) in [6.07, 6.45) is 0. The summed E-state index contributed by atoms with van der Waals surface area (Å²) in [6.45, 7) is 2.04. The molecule has 16 heavy (non-hydrogen) atoms. The summed E-state index contributed by atoms with van der Waals surface area (Å²) < 4.78 is 0. The van der Waals surface area contributed by atoms with E-state index in [1.54, 1.807) is 6.07 Å². The van der Waals surface area contributed by atoms with E-state index in [4.69, 9.17) is 23.1 Å². The molecule has 2 rings (SSSR count). The third kappa shape index (κ3) is 1.97. The average molecular weight is 233 g/mol. The van der Waals surface area contributed by atoms with Crippen molar-refractivity contribution in [3.05, 3.63) is 47.0 Å². The molecule has 0 fully saturated rings. The molecule has 4 N–H and O–H groups in total. The number of hydrogen-bond donors (Lipinski definition) is 2. The molecule has 0 heterocycles. The van der Waals surface area contributed by atoms with Crippen molar-refractivity contribution in [2.45, 2.75) is 6.92 Å². The van der Waals surface area contributed by atoms with Crippen LogP contribution in [0.25, 0.3) is 11.1 Å². The third-order valence-electron chi connectivity index (χ3n) is 2.54. The fourth-order valence-electron chi connectivity index (χ4n) is 1.56. The van der Waals surface area contributed by atoms with Crippen LogP contribution in [0.3, 0.4) is 0 Å². The van der Waals surface area contributed by atoms with E-state index in [1.165, 1.54) is 5.56 Å². The van der Waals surface area contributed by atoms with Crippen molar-refractivity contribution in [1.29, 1.82) is 0 Å². The molecule has 0 aromatic heterocycles. The third-order valence-corrected chi connectivity index (χ3v) is 2.85. The predicted molar refractivity (Wildman–Crippen MR) is 70.4 cm³/mol. The van der Waals surface area contributed by atoms with Crippen LogP contribution in [0, 0.1) is 6.92 Å². The van der Waals surface area contributed by atoms with Crippen LogP contribution in [0.15, 0.2) is 36.4 Å². The molecule has 2 aromatic carbocycles. The highest BCUT2D eigenvalue weighted by Gasteiger charge is 2.06. The Morgan fingerprint density at radius 2 is 1.50 bits per heavy atom. The lowest BCUT2D eigenvalue weighted by Crippen LogP contribution is -1.95. The summed E-state index contributed by atoms with van der Waals surface area (Å²) in [5.41, 5.74) is 15.7. The van der Waals surface area contributed by atoms with Gasteiger partial charge in [-0.2, -0.15) is 0 Å². The van der Waals surface area contributed by atoms with E-state index in [0.717, 1.165) is 11.1 Å². The first kappa shape index (κ1) is 10.8. The summed E-state index contributed by atoms with van der Waals surface area (Å²) in [7, 11) is 0. The van der Waals surface area contributed by atoms with Crippen molar-refractivity contribution in [2.24, 2.45) is 0 Å². The van der Waals surface area contributed by atoms with Crippen LogP contribution >= 0.6 is 11.6 Å². The number of benzene rings is 2. The number of halogens is 1. The molecule has 2 nitrogen and oxygen atoms in total. The highest BCUT2D eigenvalue weighted by atomic mass is 35.5. The second-order valence-electron chi connectivity index (χ2n) is 3.83. The first-order valence-electron chi connectivity index (χ1n) is 4.99. The number of nitrogens with two attached hydrogens (primary N) is 2. The Labute approximate surface area is 99.8 Å². The van der Waals surface area contributed by atoms with Crippen LogP contribution in [0.4, 0.5) is 11.4 Å². The van der Waals surface area contributed by atoms with Gasteiger partial charge in [0.1, 0.15) is 0 Å². The Hall–Kier alpha value is -1.67. The SMILES string of the molecule is Cc1ccc(-c2cc(N)c(N)cc2Cl)cc1. The number of anilines is 2. The fourth-order valence-corrected chi connectivity index (χ4v) is 1.84. The molecule has 0 saturated carbocycles. The van der Waals surface area contributed by atoms with Gasteiger partial charge in [0.05, 0.1) is 16.4 Å². The summed E-state index contributed by atoms with van der Waals surface area (Å²) in [5.74, 6) is 0. The Morgan fingerprint density at radius 3 is 2.12 bits per heavy atom. The quantitative estimate of drug-likeness (QED) is 0.740. The van der Waals surface area contributed by atoms with E-state index in [0.29, 0.717) is 16.4 Å². The van der Waals surface area contributed by atoms with Crippen molar-refractivity contribution in [1.82, 2.24) is 0 Å². The molecule has 0 saturated heterocycles. The zero-order valence-corrected chi connectivity index (χ0v) is 9.75. The predicted octanol–water partition coefficient (Wildman–Crippen LogP) is 3.48. The second-order valence-corrected chi connectivity index (χ2v) is 4.23. The van der Waals surface area contributed by atoms with Crippen LogP contribution in [-0.2, 0) is 0 Å². The first-order valence-corrected chi connectivity index (χ1v) is 5.37. The Balaban J connectivity index is 2.56. The molecule has 2 aromatic rings. The van der Waals surface area contributed by atoms with Gasteiger partial charge in [0.2, 0.25) is 0 Å². The molecule has 0 aliphatic carbocycles. The van der Waals surface area contributed by atoms with Gasteiger partial charge >= 0.3 is 0 Å². The molecule has 0 atom stereocenters. The van der Waals surface area contributed by atoms with E-state index in [9.17, 15) is 0 Å². The van der Waals surface area contributed by atoms with E-state index in [1.807, 2.05) is 37.3 Å². The highest BCUT2D eigenvalue weighted by Crippen LogP contribution is 2.33. The maximum Gasteiger partial charge on any atom is 0.0563 e. The smallest absolute Gasteiger partial charge is 0.0563 e. The largest absolute Gasteiger partial charge is 0.397 e. The van der Waals surface area contributed by atoms with Crippen LogP contribution in [0.1, 0.15) is 5.56 Å².